The Morgan fingerprint density at radius 2 is 1.94 bits per heavy atom. The number of anilines is 1. The van der Waals surface area contributed by atoms with E-state index in [9.17, 15) is 14.0 Å². The van der Waals surface area contributed by atoms with Crippen LogP contribution in [0.15, 0.2) is 60.3 Å². The lowest BCUT2D eigenvalue weighted by Gasteiger charge is -2.11. The fraction of sp³-hybridized carbons (Fsp3) is 0.217. The first kappa shape index (κ1) is 23.2. The van der Waals surface area contributed by atoms with Crippen molar-refractivity contribution >= 4 is 29.3 Å². The Hall–Kier alpha value is -3.46. The number of carbonyl (C=O) groups is 2. The van der Waals surface area contributed by atoms with Crippen LogP contribution < -0.4 is 10.6 Å². The average Bonchev–Trinajstić information content (AvgIpc) is 3.16. The second kappa shape index (κ2) is 10.7. The van der Waals surface area contributed by atoms with Crippen molar-refractivity contribution in [2.45, 2.75) is 32.1 Å². The number of carbonyl (C=O) groups excluding carboxylic acids is 2. The Balaban J connectivity index is 1.63. The first-order chi connectivity index (χ1) is 15.4. The highest BCUT2D eigenvalue weighted by Gasteiger charge is 2.16. The Morgan fingerprint density at radius 1 is 1.16 bits per heavy atom. The summed E-state index contributed by atoms with van der Waals surface area (Å²) in [5.74, 6) is -0.676. The molecule has 0 aliphatic heterocycles. The Labute approximate surface area is 190 Å². The van der Waals surface area contributed by atoms with Crippen LogP contribution in [0.25, 0.3) is 0 Å². The molecular formula is C23H24FN5O2S. The van der Waals surface area contributed by atoms with Crippen molar-refractivity contribution < 1.29 is 14.0 Å². The van der Waals surface area contributed by atoms with Crippen LogP contribution in [0.5, 0.6) is 0 Å². The number of rotatable bonds is 9. The van der Waals surface area contributed by atoms with Gasteiger partial charge in [-0.25, -0.2) is 4.39 Å². The van der Waals surface area contributed by atoms with Gasteiger partial charge in [0.15, 0.2) is 11.0 Å². The Bertz CT molecular complexity index is 1150. The van der Waals surface area contributed by atoms with Crippen LogP contribution >= 0.6 is 11.8 Å². The number of nitrogens with one attached hydrogen (secondary N) is 2. The maximum Gasteiger partial charge on any atom is 0.254 e. The van der Waals surface area contributed by atoms with E-state index in [1.165, 1.54) is 30.0 Å². The van der Waals surface area contributed by atoms with E-state index in [-0.39, 0.29) is 23.8 Å². The summed E-state index contributed by atoms with van der Waals surface area (Å²) in [5, 5.41) is 14.3. The molecule has 0 atom stereocenters. The predicted octanol–water partition coefficient (Wildman–Crippen LogP) is 3.88. The zero-order valence-electron chi connectivity index (χ0n) is 17.9. The number of nitrogens with zero attached hydrogens (tertiary/aromatic N) is 3. The van der Waals surface area contributed by atoms with Crippen LogP contribution in [-0.4, -0.2) is 32.3 Å². The number of aryl methyl sites for hydroxylation is 1. The molecule has 3 aromatic rings. The van der Waals surface area contributed by atoms with Crippen molar-refractivity contribution in [3.05, 3.63) is 83.5 Å². The topological polar surface area (TPSA) is 88.9 Å². The van der Waals surface area contributed by atoms with Crippen molar-refractivity contribution in [2.75, 3.05) is 11.1 Å². The number of amides is 2. The molecule has 1 aromatic heterocycles. The van der Waals surface area contributed by atoms with E-state index in [0.29, 0.717) is 17.5 Å². The number of thioether (sulfide) groups is 1. The molecule has 0 fully saturated rings. The minimum absolute atomic E-state index is 0.0417. The van der Waals surface area contributed by atoms with E-state index in [4.69, 9.17) is 0 Å². The van der Waals surface area contributed by atoms with Gasteiger partial charge in [-0.3, -0.25) is 9.59 Å². The fourth-order valence-corrected chi connectivity index (χ4v) is 3.74. The maximum atomic E-state index is 13.8. The fourth-order valence-electron chi connectivity index (χ4n) is 2.97. The normalized spacial score (nSPS) is 10.6. The summed E-state index contributed by atoms with van der Waals surface area (Å²) in [6.07, 6.45) is 1.67. The Kier molecular flexibility index (Phi) is 7.77. The lowest BCUT2D eigenvalue weighted by molar-refractivity contribution is -0.113. The molecule has 166 valence electrons. The van der Waals surface area contributed by atoms with Gasteiger partial charge in [0.2, 0.25) is 5.91 Å². The molecule has 2 aromatic carbocycles. The van der Waals surface area contributed by atoms with Crippen molar-refractivity contribution in [2.24, 2.45) is 0 Å². The molecular weight excluding hydrogens is 429 g/mol. The third kappa shape index (κ3) is 5.61. The number of aromatic nitrogens is 3. The molecule has 2 N–H and O–H groups in total. The number of hydrogen-bond donors (Lipinski definition) is 2. The quantitative estimate of drug-likeness (QED) is 0.379. The van der Waals surface area contributed by atoms with Crippen LogP contribution in [0.1, 0.15) is 27.3 Å². The second-order valence-electron chi connectivity index (χ2n) is 7.04. The highest BCUT2D eigenvalue weighted by Crippen LogP contribution is 2.21. The molecule has 0 saturated heterocycles. The van der Waals surface area contributed by atoms with Crippen LogP contribution in [0.2, 0.25) is 0 Å². The van der Waals surface area contributed by atoms with Gasteiger partial charge in [-0.1, -0.05) is 42.1 Å². The Morgan fingerprint density at radius 3 is 2.69 bits per heavy atom. The molecule has 0 unspecified atom stereocenters. The maximum absolute atomic E-state index is 13.8. The van der Waals surface area contributed by atoms with E-state index in [0.717, 1.165) is 16.8 Å². The molecule has 0 radical (unpaired) electrons. The lowest BCUT2D eigenvalue weighted by Crippen LogP contribution is -2.25. The van der Waals surface area contributed by atoms with Gasteiger partial charge >= 0.3 is 0 Å². The van der Waals surface area contributed by atoms with Gasteiger partial charge in [-0.15, -0.1) is 16.8 Å². The molecule has 1 heterocycles. The van der Waals surface area contributed by atoms with Crippen LogP contribution in [0, 0.1) is 19.7 Å². The smallest absolute Gasteiger partial charge is 0.254 e. The van der Waals surface area contributed by atoms with Gasteiger partial charge in [-0.05, 0) is 43.2 Å². The van der Waals surface area contributed by atoms with Gasteiger partial charge < -0.3 is 15.2 Å². The molecule has 0 bridgehead atoms. The first-order valence-corrected chi connectivity index (χ1v) is 10.9. The SMILES string of the molecule is C=CCn1c(CNC(=O)c2ccccc2F)nnc1SCC(=O)Nc1cccc(C)c1C. The van der Waals surface area contributed by atoms with Crippen molar-refractivity contribution in [1.29, 1.82) is 0 Å². The second-order valence-corrected chi connectivity index (χ2v) is 7.99. The molecule has 9 heteroatoms. The molecule has 3 rings (SSSR count). The number of hydrogen-bond acceptors (Lipinski definition) is 5. The van der Waals surface area contributed by atoms with Crippen molar-refractivity contribution in [3.8, 4) is 0 Å². The summed E-state index contributed by atoms with van der Waals surface area (Å²) in [4.78, 5) is 24.7. The highest BCUT2D eigenvalue weighted by molar-refractivity contribution is 7.99. The highest BCUT2D eigenvalue weighted by atomic mass is 32.2. The average molecular weight is 454 g/mol. The standard InChI is InChI=1S/C23H24FN5O2S/c1-4-12-29-20(13-25-22(31)17-9-5-6-10-18(17)24)27-28-23(29)32-14-21(30)26-19-11-7-8-15(2)16(19)3/h4-11H,1,12-14H2,2-3H3,(H,25,31)(H,26,30). The van der Waals surface area contributed by atoms with Crippen LogP contribution in [-0.2, 0) is 17.9 Å². The summed E-state index contributed by atoms with van der Waals surface area (Å²) in [6, 6.07) is 11.5. The van der Waals surface area contributed by atoms with Gasteiger partial charge in [0.05, 0.1) is 17.9 Å². The minimum Gasteiger partial charge on any atom is -0.345 e. The number of halogens is 1. The predicted molar refractivity (Wildman–Crippen MR) is 123 cm³/mol. The molecule has 0 aliphatic rings. The lowest BCUT2D eigenvalue weighted by atomic mass is 10.1. The summed E-state index contributed by atoms with van der Waals surface area (Å²) in [7, 11) is 0. The summed E-state index contributed by atoms with van der Waals surface area (Å²) >= 11 is 1.24. The van der Waals surface area contributed by atoms with E-state index in [1.807, 2.05) is 32.0 Å². The van der Waals surface area contributed by atoms with Crippen LogP contribution in [0.3, 0.4) is 0 Å². The van der Waals surface area contributed by atoms with Gasteiger partial charge in [-0.2, -0.15) is 0 Å². The molecule has 0 aliphatic carbocycles. The van der Waals surface area contributed by atoms with Gasteiger partial charge in [0, 0.05) is 12.2 Å². The number of benzene rings is 2. The summed E-state index contributed by atoms with van der Waals surface area (Å²) in [5.41, 5.74) is 2.86. The molecule has 7 nitrogen and oxygen atoms in total. The molecule has 0 spiro atoms. The largest absolute Gasteiger partial charge is 0.345 e. The van der Waals surface area contributed by atoms with E-state index < -0.39 is 11.7 Å². The molecule has 0 saturated carbocycles. The van der Waals surface area contributed by atoms with Crippen molar-refractivity contribution in [3.63, 3.8) is 0 Å². The third-order valence-corrected chi connectivity index (χ3v) is 5.81. The summed E-state index contributed by atoms with van der Waals surface area (Å²) in [6.45, 7) is 8.15. The first-order valence-electron chi connectivity index (χ1n) is 9.95. The van der Waals surface area contributed by atoms with Gasteiger partial charge in [0.1, 0.15) is 5.82 Å². The zero-order chi connectivity index (χ0) is 23.1. The van der Waals surface area contributed by atoms with Crippen molar-refractivity contribution in [1.82, 2.24) is 20.1 Å². The molecule has 32 heavy (non-hydrogen) atoms. The third-order valence-electron chi connectivity index (χ3n) is 4.84. The molecule has 2 amide bonds. The van der Waals surface area contributed by atoms with E-state index in [2.05, 4.69) is 27.4 Å². The monoisotopic (exact) mass is 453 g/mol. The van der Waals surface area contributed by atoms with Crippen LogP contribution in [0.4, 0.5) is 10.1 Å². The minimum atomic E-state index is -0.594. The van der Waals surface area contributed by atoms with Gasteiger partial charge in [0.25, 0.3) is 5.91 Å². The number of allylic oxidation sites excluding steroid dienone is 1. The summed E-state index contributed by atoms with van der Waals surface area (Å²) < 4.78 is 15.6. The zero-order valence-corrected chi connectivity index (χ0v) is 18.7. The van der Waals surface area contributed by atoms with E-state index >= 15 is 0 Å². The van der Waals surface area contributed by atoms with E-state index in [1.54, 1.807) is 16.7 Å².